The molecule has 2 rings (SSSR count). The van der Waals surface area contributed by atoms with E-state index in [1.54, 1.807) is 6.07 Å². The number of nitrogens with zero attached hydrogens (tertiary/aromatic N) is 1. The molecule has 1 heterocycles. The molecule has 0 fully saturated rings. The Kier molecular flexibility index (Phi) is 5.36. The number of aliphatic carboxylic acids is 1. The van der Waals surface area contributed by atoms with Gasteiger partial charge >= 0.3 is 5.97 Å². The second kappa shape index (κ2) is 7.45. The highest BCUT2D eigenvalue weighted by molar-refractivity contribution is 5.72. The summed E-state index contributed by atoms with van der Waals surface area (Å²) in [5, 5.41) is 8.96. The fraction of sp³-hybridized carbons (Fsp3) is 0.222. The third-order valence-electron chi connectivity index (χ3n) is 3.41. The number of pyridine rings is 1. The van der Waals surface area contributed by atoms with E-state index >= 15 is 0 Å². The van der Waals surface area contributed by atoms with Crippen LogP contribution in [-0.4, -0.2) is 22.2 Å². The number of rotatable bonds is 6. The van der Waals surface area contributed by atoms with E-state index in [1.807, 2.05) is 43.3 Å². The highest BCUT2D eigenvalue weighted by Gasteiger charge is 2.13. The summed E-state index contributed by atoms with van der Waals surface area (Å²) < 4.78 is 6.57. The minimum Gasteiger partial charge on any atom is -0.494 e. The van der Waals surface area contributed by atoms with Gasteiger partial charge in [-0.2, -0.15) is 0 Å². The zero-order valence-electron chi connectivity index (χ0n) is 13.1. The van der Waals surface area contributed by atoms with E-state index in [-0.39, 0.29) is 5.56 Å². The van der Waals surface area contributed by atoms with Crippen LogP contribution < -0.4 is 10.3 Å². The van der Waals surface area contributed by atoms with E-state index < -0.39 is 12.0 Å². The molecule has 2 aromatic rings. The van der Waals surface area contributed by atoms with Gasteiger partial charge in [0.2, 0.25) is 0 Å². The summed E-state index contributed by atoms with van der Waals surface area (Å²) in [5.41, 5.74) is 1.36. The summed E-state index contributed by atoms with van der Waals surface area (Å²) in [5.74, 6) is -0.223. The van der Waals surface area contributed by atoms with E-state index in [2.05, 4.69) is 0 Å². The van der Waals surface area contributed by atoms with Crippen LogP contribution in [0.5, 0.6) is 5.75 Å². The van der Waals surface area contributed by atoms with E-state index in [1.165, 1.54) is 23.8 Å². The molecule has 0 amide bonds. The molecule has 0 aliphatic rings. The Bertz CT molecular complexity index is 759. The summed E-state index contributed by atoms with van der Waals surface area (Å²) in [6.45, 7) is 4.03. The third kappa shape index (κ3) is 4.32. The molecule has 1 unspecified atom stereocenters. The molecule has 1 atom stereocenters. The van der Waals surface area contributed by atoms with Gasteiger partial charge < -0.3 is 14.4 Å². The molecule has 0 saturated heterocycles. The Balaban J connectivity index is 2.15. The number of aromatic nitrogens is 1. The predicted molar refractivity (Wildman–Crippen MR) is 89.6 cm³/mol. The lowest BCUT2D eigenvalue weighted by Gasteiger charge is -2.10. The molecule has 120 valence electrons. The van der Waals surface area contributed by atoms with Crippen molar-refractivity contribution in [3.63, 3.8) is 0 Å². The number of hydrogen-bond acceptors (Lipinski definition) is 3. The lowest BCUT2D eigenvalue weighted by Crippen LogP contribution is -2.26. The average molecular weight is 313 g/mol. The first-order valence-electron chi connectivity index (χ1n) is 7.37. The molecule has 0 bridgehead atoms. The molecule has 1 aromatic heterocycles. The number of benzene rings is 1. The number of carbonyl (C=O) groups is 1. The van der Waals surface area contributed by atoms with Crippen LogP contribution in [-0.2, 0) is 4.79 Å². The molecule has 23 heavy (non-hydrogen) atoms. The SMILES string of the molecule is CCOc1ccc(/C=C/c2ccn(C(C)C(=O)O)c(=O)c2)cc1. The zero-order chi connectivity index (χ0) is 16.8. The van der Waals surface area contributed by atoms with Gasteiger partial charge in [-0.1, -0.05) is 24.3 Å². The van der Waals surface area contributed by atoms with Crippen molar-refractivity contribution in [3.8, 4) is 5.75 Å². The van der Waals surface area contributed by atoms with Crippen molar-refractivity contribution in [2.24, 2.45) is 0 Å². The molecule has 0 saturated carbocycles. The Labute approximate surface area is 134 Å². The van der Waals surface area contributed by atoms with Crippen LogP contribution in [0.1, 0.15) is 31.0 Å². The van der Waals surface area contributed by atoms with Crippen molar-refractivity contribution < 1.29 is 14.6 Å². The van der Waals surface area contributed by atoms with Crippen molar-refractivity contribution >= 4 is 18.1 Å². The minimum atomic E-state index is -1.04. The van der Waals surface area contributed by atoms with Gasteiger partial charge in [0.1, 0.15) is 11.8 Å². The van der Waals surface area contributed by atoms with Crippen molar-refractivity contribution in [2.75, 3.05) is 6.61 Å². The first kappa shape index (κ1) is 16.5. The van der Waals surface area contributed by atoms with Crippen molar-refractivity contribution in [2.45, 2.75) is 19.9 Å². The second-order valence-electron chi connectivity index (χ2n) is 5.06. The van der Waals surface area contributed by atoms with Gasteiger partial charge in [-0.25, -0.2) is 4.79 Å². The van der Waals surface area contributed by atoms with Crippen LogP contribution in [0.2, 0.25) is 0 Å². The number of hydrogen-bond donors (Lipinski definition) is 1. The summed E-state index contributed by atoms with van der Waals surface area (Å²) in [6, 6.07) is 9.87. The maximum absolute atomic E-state index is 12.0. The topological polar surface area (TPSA) is 68.5 Å². The largest absolute Gasteiger partial charge is 0.494 e. The van der Waals surface area contributed by atoms with Crippen molar-refractivity contribution in [1.29, 1.82) is 0 Å². The Hall–Kier alpha value is -2.82. The Morgan fingerprint density at radius 3 is 2.43 bits per heavy atom. The van der Waals surface area contributed by atoms with Crippen LogP contribution in [0.15, 0.2) is 47.4 Å². The van der Waals surface area contributed by atoms with Gasteiger partial charge in [-0.3, -0.25) is 4.79 Å². The number of carboxylic acid groups (broad SMARTS) is 1. The normalized spacial score (nSPS) is 12.3. The highest BCUT2D eigenvalue weighted by atomic mass is 16.5. The fourth-order valence-electron chi connectivity index (χ4n) is 2.08. The fourth-order valence-corrected chi connectivity index (χ4v) is 2.08. The first-order chi connectivity index (χ1) is 11.0. The molecule has 5 heteroatoms. The van der Waals surface area contributed by atoms with Crippen LogP contribution in [0.25, 0.3) is 12.2 Å². The van der Waals surface area contributed by atoms with Crippen LogP contribution >= 0.6 is 0 Å². The second-order valence-corrected chi connectivity index (χ2v) is 5.06. The summed E-state index contributed by atoms with van der Waals surface area (Å²) in [7, 11) is 0. The molecular formula is C18H19NO4. The maximum Gasteiger partial charge on any atom is 0.326 e. The molecule has 1 aromatic carbocycles. The van der Waals surface area contributed by atoms with Crippen molar-refractivity contribution in [1.82, 2.24) is 4.57 Å². The lowest BCUT2D eigenvalue weighted by atomic mass is 10.1. The van der Waals surface area contributed by atoms with Gasteiger partial charge in [-0.15, -0.1) is 0 Å². The van der Waals surface area contributed by atoms with E-state index in [0.717, 1.165) is 16.9 Å². The third-order valence-corrected chi connectivity index (χ3v) is 3.41. The molecule has 0 spiro atoms. The minimum absolute atomic E-state index is 0.339. The van der Waals surface area contributed by atoms with Crippen LogP contribution in [0.3, 0.4) is 0 Å². The summed E-state index contributed by atoms with van der Waals surface area (Å²) >= 11 is 0. The monoisotopic (exact) mass is 313 g/mol. The molecule has 5 nitrogen and oxygen atoms in total. The van der Waals surface area contributed by atoms with Gasteiger partial charge in [0.15, 0.2) is 0 Å². The highest BCUT2D eigenvalue weighted by Crippen LogP contribution is 2.14. The van der Waals surface area contributed by atoms with Gasteiger partial charge in [0, 0.05) is 12.3 Å². The summed E-state index contributed by atoms with van der Waals surface area (Å²) in [4.78, 5) is 22.9. The van der Waals surface area contributed by atoms with E-state index in [4.69, 9.17) is 9.84 Å². The Morgan fingerprint density at radius 1 is 1.22 bits per heavy atom. The van der Waals surface area contributed by atoms with Crippen LogP contribution in [0.4, 0.5) is 0 Å². The first-order valence-corrected chi connectivity index (χ1v) is 7.37. The molecule has 0 radical (unpaired) electrons. The van der Waals surface area contributed by atoms with Gasteiger partial charge in [0.05, 0.1) is 6.61 Å². The maximum atomic E-state index is 12.0. The average Bonchev–Trinajstić information content (AvgIpc) is 2.54. The summed E-state index contributed by atoms with van der Waals surface area (Å²) in [6.07, 6.45) is 5.20. The molecule has 0 aliphatic carbocycles. The number of carboxylic acids is 1. The van der Waals surface area contributed by atoms with E-state index in [9.17, 15) is 9.59 Å². The standard InChI is InChI=1S/C18H19NO4/c1-3-23-16-8-6-14(7-9-16)4-5-15-10-11-19(17(20)12-15)13(2)18(21)22/h4-13H,3H2,1-2H3,(H,21,22)/b5-4+. The predicted octanol–water partition coefficient (Wildman–Crippen LogP) is 3.06. The zero-order valence-corrected chi connectivity index (χ0v) is 13.1. The smallest absolute Gasteiger partial charge is 0.326 e. The molecule has 0 aliphatic heterocycles. The quantitative estimate of drug-likeness (QED) is 0.890. The Morgan fingerprint density at radius 2 is 1.87 bits per heavy atom. The van der Waals surface area contributed by atoms with E-state index in [0.29, 0.717) is 6.61 Å². The van der Waals surface area contributed by atoms with Crippen LogP contribution in [0, 0.1) is 0 Å². The van der Waals surface area contributed by atoms with Gasteiger partial charge in [-0.05, 0) is 43.2 Å². The number of ether oxygens (including phenoxy) is 1. The molecule has 1 N–H and O–H groups in total. The lowest BCUT2D eigenvalue weighted by molar-refractivity contribution is -0.140. The van der Waals surface area contributed by atoms with Gasteiger partial charge in [0.25, 0.3) is 5.56 Å². The van der Waals surface area contributed by atoms with Crippen molar-refractivity contribution in [3.05, 3.63) is 64.1 Å². The molecular weight excluding hydrogens is 294 g/mol.